The number of fused-ring (bicyclic) bond motifs is 2. The van der Waals surface area contributed by atoms with Crippen molar-refractivity contribution in [3.63, 3.8) is 0 Å². The lowest BCUT2D eigenvalue weighted by molar-refractivity contribution is -0.138. The van der Waals surface area contributed by atoms with Gasteiger partial charge in [-0.2, -0.15) is 0 Å². The Balaban J connectivity index is 1.67. The minimum Gasteiger partial charge on any atom is -0.340 e. The number of amides is 1. The molecule has 3 heteroatoms. The molecular formula is C12H18N2O. The smallest absolute Gasteiger partial charge is 0.226 e. The third-order valence-electron chi connectivity index (χ3n) is 4.25. The molecule has 0 spiro atoms. The Morgan fingerprint density at radius 1 is 1.33 bits per heavy atom. The van der Waals surface area contributed by atoms with Crippen LogP contribution < -0.4 is 5.32 Å². The SMILES string of the molecule is CN(C(=O)C1CC2C=CC1C2)C1CNC1. The lowest BCUT2D eigenvalue weighted by Gasteiger charge is -2.37. The van der Waals surface area contributed by atoms with Gasteiger partial charge in [-0.1, -0.05) is 12.2 Å². The van der Waals surface area contributed by atoms with E-state index in [0.29, 0.717) is 23.8 Å². The first-order chi connectivity index (χ1) is 7.25. The van der Waals surface area contributed by atoms with E-state index in [4.69, 9.17) is 0 Å². The summed E-state index contributed by atoms with van der Waals surface area (Å²) in [6.45, 7) is 1.94. The fraction of sp³-hybridized carbons (Fsp3) is 0.750. The molecule has 3 aliphatic rings. The molecule has 0 aromatic rings. The first-order valence-electron chi connectivity index (χ1n) is 5.91. The Hall–Kier alpha value is -0.830. The standard InChI is InChI=1S/C12H18N2O/c1-14(10-6-13-7-10)12(15)11-5-8-2-3-9(11)4-8/h2-3,8-11,13H,4-7H2,1H3. The van der Waals surface area contributed by atoms with Crippen molar-refractivity contribution in [3.05, 3.63) is 12.2 Å². The lowest BCUT2D eigenvalue weighted by Crippen LogP contribution is -2.58. The fourth-order valence-corrected chi connectivity index (χ4v) is 3.05. The molecule has 1 saturated carbocycles. The molecule has 82 valence electrons. The molecule has 1 heterocycles. The summed E-state index contributed by atoms with van der Waals surface area (Å²) in [5.74, 6) is 1.89. The van der Waals surface area contributed by atoms with Crippen LogP contribution in [0.4, 0.5) is 0 Å². The topological polar surface area (TPSA) is 32.3 Å². The van der Waals surface area contributed by atoms with Gasteiger partial charge in [0.2, 0.25) is 5.91 Å². The van der Waals surface area contributed by atoms with E-state index in [1.165, 1.54) is 6.42 Å². The predicted octanol–water partition coefficient (Wildman–Crippen LogP) is 0.629. The quantitative estimate of drug-likeness (QED) is 0.672. The molecule has 2 aliphatic carbocycles. The van der Waals surface area contributed by atoms with E-state index in [0.717, 1.165) is 19.5 Å². The van der Waals surface area contributed by atoms with E-state index >= 15 is 0 Å². The number of allylic oxidation sites excluding steroid dienone is 2. The number of hydrogen-bond donors (Lipinski definition) is 1. The van der Waals surface area contributed by atoms with E-state index in [2.05, 4.69) is 17.5 Å². The fourth-order valence-electron chi connectivity index (χ4n) is 3.05. The van der Waals surface area contributed by atoms with Crippen LogP contribution in [0.2, 0.25) is 0 Å². The number of likely N-dealkylation sites (N-methyl/N-ethyl adjacent to an activating group) is 1. The zero-order valence-corrected chi connectivity index (χ0v) is 9.15. The highest BCUT2D eigenvalue weighted by molar-refractivity contribution is 5.80. The first-order valence-corrected chi connectivity index (χ1v) is 5.91. The molecule has 0 radical (unpaired) electrons. The largest absolute Gasteiger partial charge is 0.340 e. The number of nitrogens with one attached hydrogen (secondary N) is 1. The Kier molecular flexibility index (Phi) is 2.09. The minimum atomic E-state index is 0.283. The van der Waals surface area contributed by atoms with Crippen molar-refractivity contribution in [1.29, 1.82) is 0 Å². The van der Waals surface area contributed by atoms with Crippen LogP contribution in [-0.4, -0.2) is 37.0 Å². The number of carbonyl (C=O) groups excluding carboxylic acids is 1. The van der Waals surface area contributed by atoms with Crippen molar-refractivity contribution < 1.29 is 4.79 Å². The molecule has 1 amide bonds. The first kappa shape index (κ1) is 9.40. The molecule has 3 rings (SSSR count). The van der Waals surface area contributed by atoms with Gasteiger partial charge in [0.05, 0.1) is 6.04 Å². The molecule has 15 heavy (non-hydrogen) atoms. The van der Waals surface area contributed by atoms with Crippen LogP contribution in [0, 0.1) is 17.8 Å². The van der Waals surface area contributed by atoms with Crippen molar-refractivity contribution in [1.82, 2.24) is 10.2 Å². The van der Waals surface area contributed by atoms with Gasteiger partial charge < -0.3 is 10.2 Å². The van der Waals surface area contributed by atoms with Crippen LogP contribution in [-0.2, 0) is 4.79 Å². The van der Waals surface area contributed by atoms with Crippen molar-refractivity contribution in [3.8, 4) is 0 Å². The summed E-state index contributed by atoms with van der Waals surface area (Å²) in [6, 6.07) is 0.445. The van der Waals surface area contributed by atoms with Gasteiger partial charge in [-0.05, 0) is 24.7 Å². The van der Waals surface area contributed by atoms with Gasteiger partial charge in [-0.15, -0.1) is 0 Å². The Morgan fingerprint density at radius 3 is 2.60 bits per heavy atom. The zero-order valence-electron chi connectivity index (χ0n) is 9.15. The highest BCUT2D eigenvalue weighted by Crippen LogP contribution is 2.44. The number of rotatable bonds is 2. The molecule has 0 aromatic heterocycles. The summed E-state index contributed by atoms with van der Waals surface area (Å²) >= 11 is 0. The molecule has 1 N–H and O–H groups in total. The van der Waals surface area contributed by atoms with Gasteiger partial charge in [0.1, 0.15) is 0 Å². The summed E-state index contributed by atoms with van der Waals surface area (Å²) < 4.78 is 0. The third kappa shape index (κ3) is 1.41. The maximum atomic E-state index is 12.2. The second kappa shape index (κ2) is 3.34. The van der Waals surface area contributed by atoms with Crippen LogP contribution >= 0.6 is 0 Å². The van der Waals surface area contributed by atoms with Crippen molar-refractivity contribution >= 4 is 5.91 Å². The summed E-state index contributed by atoms with van der Waals surface area (Å²) in [6.07, 6.45) is 6.85. The van der Waals surface area contributed by atoms with Gasteiger partial charge in [-0.25, -0.2) is 0 Å². The van der Waals surface area contributed by atoms with Gasteiger partial charge in [0, 0.05) is 26.1 Å². The van der Waals surface area contributed by atoms with Gasteiger partial charge in [0.25, 0.3) is 0 Å². The molecule has 2 bridgehead atoms. The number of carbonyl (C=O) groups is 1. The highest BCUT2D eigenvalue weighted by Gasteiger charge is 2.42. The van der Waals surface area contributed by atoms with E-state index in [1.807, 2.05) is 11.9 Å². The Labute approximate surface area is 90.5 Å². The van der Waals surface area contributed by atoms with Crippen molar-refractivity contribution in [2.75, 3.05) is 20.1 Å². The highest BCUT2D eigenvalue weighted by atomic mass is 16.2. The summed E-state index contributed by atoms with van der Waals surface area (Å²) in [5.41, 5.74) is 0. The maximum absolute atomic E-state index is 12.2. The van der Waals surface area contributed by atoms with Gasteiger partial charge >= 0.3 is 0 Å². The minimum absolute atomic E-state index is 0.283. The van der Waals surface area contributed by atoms with E-state index < -0.39 is 0 Å². The zero-order chi connectivity index (χ0) is 10.4. The van der Waals surface area contributed by atoms with E-state index in [-0.39, 0.29) is 5.92 Å². The predicted molar refractivity (Wildman–Crippen MR) is 58.3 cm³/mol. The average Bonchev–Trinajstić information content (AvgIpc) is 2.74. The summed E-state index contributed by atoms with van der Waals surface area (Å²) in [4.78, 5) is 14.2. The van der Waals surface area contributed by atoms with Crippen molar-refractivity contribution in [2.24, 2.45) is 17.8 Å². The second-order valence-corrected chi connectivity index (χ2v) is 5.15. The molecule has 0 aromatic carbocycles. The molecule has 3 nitrogen and oxygen atoms in total. The lowest BCUT2D eigenvalue weighted by atomic mass is 9.91. The third-order valence-corrected chi connectivity index (χ3v) is 4.25. The van der Waals surface area contributed by atoms with Crippen LogP contribution in [0.5, 0.6) is 0 Å². The van der Waals surface area contributed by atoms with Crippen LogP contribution in [0.15, 0.2) is 12.2 Å². The summed E-state index contributed by atoms with van der Waals surface area (Å²) in [7, 11) is 1.96. The molecule has 3 atom stereocenters. The van der Waals surface area contributed by atoms with Gasteiger partial charge in [0.15, 0.2) is 0 Å². The number of nitrogens with zero attached hydrogens (tertiary/aromatic N) is 1. The molecule has 2 fully saturated rings. The van der Waals surface area contributed by atoms with Crippen LogP contribution in [0.25, 0.3) is 0 Å². The van der Waals surface area contributed by atoms with Crippen molar-refractivity contribution in [2.45, 2.75) is 18.9 Å². The molecule has 3 unspecified atom stereocenters. The van der Waals surface area contributed by atoms with Crippen LogP contribution in [0.1, 0.15) is 12.8 Å². The monoisotopic (exact) mass is 206 g/mol. The number of hydrogen-bond acceptors (Lipinski definition) is 2. The molecule has 1 saturated heterocycles. The summed E-state index contributed by atoms with van der Waals surface area (Å²) in [5, 5.41) is 3.21. The van der Waals surface area contributed by atoms with Crippen LogP contribution in [0.3, 0.4) is 0 Å². The van der Waals surface area contributed by atoms with Gasteiger partial charge in [-0.3, -0.25) is 4.79 Å². The maximum Gasteiger partial charge on any atom is 0.226 e. The van der Waals surface area contributed by atoms with E-state index in [9.17, 15) is 4.79 Å². The molecule has 1 aliphatic heterocycles. The Morgan fingerprint density at radius 2 is 2.13 bits per heavy atom. The van der Waals surface area contributed by atoms with E-state index in [1.54, 1.807) is 0 Å². The molecular weight excluding hydrogens is 188 g/mol. The second-order valence-electron chi connectivity index (χ2n) is 5.15. The average molecular weight is 206 g/mol. The normalized spacial score (nSPS) is 38.1. The Bertz CT molecular complexity index is 309.